The van der Waals surface area contributed by atoms with Gasteiger partial charge in [-0.3, -0.25) is 0 Å². The van der Waals surface area contributed by atoms with Crippen molar-refractivity contribution in [3.63, 3.8) is 0 Å². The highest BCUT2D eigenvalue weighted by molar-refractivity contribution is 6.40. The van der Waals surface area contributed by atoms with Gasteiger partial charge in [0.15, 0.2) is 0 Å². The van der Waals surface area contributed by atoms with E-state index in [4.69, 9.17) is 23.2 Å². The van der Waals surface area contributed by atoms with Crippen molar-refractivity contribution in [2.45, 2.75) is 6.92 Å². The standard InChI is InChI=1S/C16H13Cl2NO2/c1-9(2)10-7-8-12(17)15(14(10)18)19-13-6-4-3-5-11(13)16(20)21/h3-8,19H,1H2,2H3,(H,20,21)/p-1. The molecule has 1 N–H and O–H groups in total. The lowest BCUT2D eigenvalue weighted by atomic mass is 10.1. The van der Waals surface area contributed by atoms with Crippen LogP contribution in [-0.4, -0.2) is 5.97 Å². The highest BCUT2D eigenvalue weighted by atomic mass is 35.5. The molecule has 2 rings (SSSR count). The number of carboxylic acids is 1. The fourth-order valence-electron chi connectivity index (χ4n) is 1.90. The molecule has 0 aliphatic heterocycles. The topological polar surface area (TPSA) is 52.2 Å². The van der Waals surface area contributed by atoms with E-state index in [1.165, 1.54) is 6.07 Å². The Morgan fingerprint density at radius 1 is 1.14 bits per heavy atom. The summed E-state index contributed by atoms with van der Waals surface area (Å²) in [5.74, 6) is -1.28. The second-order valence-corrected chi connectivity index (χ2v) is 5.31. The Morgan fingerprint density at radius 2 is 1.81 bits per heavy atom. The van der Waals surface area contributed by atoms with Crippen molar-refractivity contribution in [2.75, 3.05) is 5.32 Å². The number of aromatic carboxylic acids is 1. The number of hydrogen-bond donors (Lipinski definition) is 1. The van der Waals surface area contributed by atoms with Crippen molar-refractivity contribution in [3.8, 4) is 0 Å². The lowest BCUT2D eigenvalue weighted by Crippen LogP contribution is -2.23. The summed E-state index contributed by atoms with van der Waals surface area (Å²) >= 11 is 12.5. The monoisotopic (exact) mass is 320 g/mol. The first-order valence-electron chi connectivity index (χ1n) is 6.13. The van der Waals surface area contributed by atoms with E-state index in [-0.39, 0.29) is 5.56 Å². The fraction of sp³-hybridized carbons (Fsp3) is 0.0625. The van der Waals surface area contributed by atoms with Gasteiger partial charge in [-0.15, -0.1) is 0 Å². The van der Waals surface area contributed by atoms with Crippen LogP contribution >= 0.6 is 23.2 Å². The number of nitrogens with one attached hydrogen (secondary N) is 1. The van der Waals surface area contributed by atoms with Crippen LogP contribution in [0.15, 0.2) is 43.0 Å². The minimum Gasteiger partial charge on any atom is -0.545 e. The summed E-state index contributed by atoms with van der Waals surface area (Å²) in [7, 11) is 0. The third kappa shape index (κ3) is 3.20. The van der Waals surface area contributed by atoms with E-state index in [0.717, 1.165) is 11.1 Å². The number of benzene rings is 2. The summed E-state index contributed by atoms with van der Waals surface area (Å²) in [6.45, 7) is 5.68. The Balaban J connectivity index is 2.52. The number of rotatable bonds is 4. The molecule has 0 spiro atoms. The van der Waals surface area contributed by atoms with E-state index >= 15 is 0 Å². The summed E-state index contributed by atoms with van der Waals surface area (Å²) in [4.78, 5) is 11.1. The first kappa shape index (κ1) is 15.4. The number of carboxylic acid groups (broad SMARTS) is 1. The molecule has 108 valence electrons. The van der Waals surface area contributed by atoms with Gasteiger partial charge in [-0.25, -0.2) is 0 Å². The first-order valence-corrected chi connectivity index (χ1v) is 6.88. The van der Waals surface area contributed by atoms with Crippen LogP contribution in [0.5, 0.6) is 0 Å². The summed E-state index contributed by atoms with van der Waals surface area (Å²) in [6, 6.07) is 9.83. The van der Waals surface area contributed by atoms with E-state index in [1.807, 2.05) is 6.92 Å². The lowest BCUT2D eigenvalue weighted by Gasteiger charge is -2.16. The van der Waals surface area contributed by atoms with E-state index in [1.54, 1.807) is 30.3 Å². The van der Waals surface area contributed by atoms with Gasteiger partial charge in [0.05, 0.1) is 21.7 Å². The molecule has 0 atom stereocenters. The average molecular weight is 321 g/mol. The Morgan fingerprint density at radius 3 is 2.43 bits per heavy atom. The molecule has 0 heterocycles. The Bertz CT molecular complexity index is 726. The van der Waals surface area contributed by atoms with Gasteiger partial charge >= 0.3 is 0 Å². The maximum atomic E-state index is 11.1. The number of halogens is 2. The van der Waals surface area contributed by atoms with Crippen LogP contribution in [-0.2, 0) is 0 Å². The first-order chi connectivity index (χ1) is 9.91. The number of carbonyl (C=O) groups is 1. The van der Waals surface area contributed by atoms with Crippen molar-refractivity contribution < 1.29 is 9.90 Å². The third-order valence-corrected chi connectivity index (χ3v) is 3.67. The van der Waals surface area contributed by atoms with Crippen LogP contribution in [0.1, 0.15) is 22.8 Å². The molecule has 0 bridgehead atoms. The largest absolute Gasteiger partial charge is 0.545 e. The summed E-state index contributed by atoms with van der Waals surface area (Å²) in [5, 5.41) is 14.9. The van der Waals surface area contributed by atoms with E-state index in [0.29, 0.717) is 21.4 Å². The summed E-state index contributed by atoms with van der Waals surface area (Å²) < 4.78 is 0. The van der Waals surface area contributed by atoms with Gasteiger partial charge in [0.25, 0.3) is 0 Å². The fourth-order valence-corrected chi connectivity index (χ4v) is 2.53. The van der Waals surface area contributed by atoms with E-state index < -0.39 is 5.97 Å². The molecule has 5 heteroatoms. The predicted octanol–water partition coefficient (Wildman–Crippen LogP) is 4.13. The third-order valence-electron chi connectivity index (χ3n) is 2.96. The van der Waals surface area contributed by atoms with Gasteiger partial charge in [0.2, 0.25) is 0 Å². The molecule has 0 radical (unpaired) electrons. The maximum absolute atomic E-state index is 11.1. The molecule has 0 amide bonds. The minimum atomic E-state index is -1.28. The second-order valence-electron chi connectivity index (χ2n) is 4.52. The van der Waals surface area contributed by atoms with E-state index in [2.05, 4.69) is 11.9 Å². The molecule has 0 saturated carbocycles. The molecule has 2 aromatic rings. The van der Waals surface area contributed by atoms with Gasteiger partial charge in [-0.2, -0.15) is 0 Å². The Kier molecular flexibility index (Phi) is 4.56. The molecular weight excluding hydrogens is 309 g/mol. The highest BCUT2D eigenvalue weighted by Crippen LogP contribution is 2.38. The van der Waals surface area contributed by atoms with Crippen molar-refractivity contribution in [2.24, 2.45) is 0 Å². The van der Waals surface area contributed by atoms with Crippen LogP contribution in [0.4, 0.5) is 11.4 Å². The summed E-state index contributed by atoms with van der Waals surface area (Å²) in [6.07, 6.45) is 0. The van der Waals surface area contributed by atoms with Gasteiger partial charge in [0.1, 0.15) is 0 Å². The molecule has 2 aromatic carbocycles. The molecule has 0 saturated heterocycles. The van der Waals surface area contributed by atoms with Crippen molar-refractivity contribution >= 4 is 46.1 Å². The zero-order valence-electron chi connectivity index (χ0n) is 11.2. The quantitative estimate of drug-likeness (QED) is 0.921. The maximum Gasteiger partial charge on any atom is 0.0769 e. The van der Waals surface area contributed by atoms with Gasteiger partial charge in [-0.05, 0) is 30.2 Å². The highest BCUT2D eigenvalue weighted by Gasteiger charge is 2.13. The second kappa shape index (κ2) is 6.20. The Hall–Kier alpha value is -1.97. The van der Waals surface area contributed by atoms with Gasteiger partial charge in [0, 0.05) is 11.3 Å². The average Bonchev–Trinajstić information content (AvgIpc) is 2.43. The zero-order valence-corrected chi connectivity index (χ0v) is 12.8. The van der Waals surface area contributed by atoms with Crippen LogP contribution in [0.25, 0.3) is 5.57 Å². The van der Waals surface area contributed by atoms with Crippen LogP contribution in [0.3, 0.4) is 0 Å². The zero-order chi connectivity index (χ0) is 15.6. The molecule has 0 unspecified atom stereocenters. The smallest absolute Gasteiger partial charge is 0.0769 e. The number of anilines is 2. The van der Waals surface area contributed by atoms with Crippen LogP contribution in [0.2, 0.25) is 10.0 Å². The SMILES string of the molecule is C=C(C)c1ccc(Cl)c(Nc2ccccc2C(=O)[O-])c1Cl. The predicted molar refractivity (Wildman–Crippen MR) is 85.2 cm³/mol. The number of carbonyl (C=O) groups excluding carboxylic acids is 1. The lowest BCUT2D eigenvalue weighted by molar-refractivity contribution is -0.254. The number of hydrogen-bond acceptors (Lipinski definition) is 3. The number of allylic oxidation sites excluding steroid dienone is 1. The molecule has 3 nitrogen and oxygen atoms in total. The normalized spacial score (nSPS) is 10.2. The molecule has 0 aromatic heterocycles. The Labute approximate surface area is 132 Å². The van der Waals surface area contributed by atoms with Gasteiger partial charge in [-0.1, -0.05) is 54.0 Å². The van der Waals surface area contributed by atoms with Crippen LogP contribution in [0, 0.1) is 0 Å². The van der Waals surface area contributed by atoms with Crippen LogP contribution < -0.4 is 10.4 Å². The molecular formula is C16H12Cl2NO2-. The van der Waals surface area contributed by atoms with Gasteiger partial charge < -0.3 is 15.2 Å². The van der Waals surface area contributed by atoms with Crippen molar-refractivity contribution in [3.05, 3.63) is 64.1 Å². The minimum absolute atomic E-state index is 0.0327. The van der Waals surface area contributed by atoms with Crippen molar-refractivity contribution in [1.82, 2.24) is 0 Å². The number of para-hydroxylation sites is 1. The summed E-state index contributed by atoms with van der Waals surface area (Å²) in [5.41, 5.74) is 2.36. The molecule has 0 fully saturated rings. The molecule has 0 aliphatic rings. The molecule has 21 heavy (non-hydrogen) atoms. The van der Waals surface area contributed by atoms with Crippen molar-refractivity contribution in [1.29, 1.82) is 0 Å². The van der Waals surface area contributed by atoms with E-state index in [9.17, 15) is 9.90 Å². The molecule has 0 aliphatic carbocycles.